The van der Waals surface area contributed by atoms with Gasteiger partial charge < -0.3 is 15.7 Å². The Kier molecular flexibility index (Phi) is 3.05. The van der Waals surface area contributed by atoms with E-state index in [4.69, 9.17) is 0 Å². The minimum absolute atomic E-state index is 0.164. The molecule has 1 aliphatic carbocycles. The number of carbonyl (C=O) groups is 1. The Balaban J connectivity index is 2.14. The van der Waals surface area contributed by atoms with Crippen molar-refractivity contribution in [3.8, 4) is 5.75 Å². The van der Waals surface area contributed by atoms with Crippen LogP contribution in [-0.2, 0) is 5.54 Å². The van der Waals surface area contributed by atoms with E-state index in [0.29, 0.717) is 24.1 Å². The Bertz CT molecular complexity index is 659. The molecular formula is C15H19N3O4. The number of phenols is 1. The van der Waals surface area contributed by atoms with E-state index < -0.39 is 10.5 Å². The maximum Gasteiger partial charge on any atom is 0.319 e. The second kappa shape index (κ2) is 4.59. The lowest BCUT2D eigenvalue weighted by Crippen LogP contribution is -2.54. The molecule has 2 amide bonds. The summed E-state index contributed by atoms with van der Waals surface area (Å²) in [7, 11) is 0. The van der Waals surface area contributed by atoms with E-state index in [1.807, 2.05) is 0 Å². The van der Waals surface area contributed by atoms with Crippen LogP contribution in [0.3, 0.4) is 0 Å². The van der Waals surface area contributed by atoms with Crippen LogP contribution < -0.4 is 10.6 Å². The summed E-state index contributed by atoms with van der Waals surface area (Å²) in [5.74, 6) is -0.352. The Morgan fingerprint density at radius 1 is 1.23 bits per heavy atom. The van der Waals surface area contributed by atoms with E-state index in [2.05, 4.69) is 24.5 Å². The zero-order valence-electron chi connectivity index (χ0n) is 12.6. The fourth-order valence-corrected chi connectivity index (χ4v) is 3.48. The molecule has 0 saturated heterocycles. The highest BCUT2D eigenvalue weighted by molar-refractivity contribution is 5.95. The Hall–Kier alpha value is -2.31. The van der Waals surface area contributed by atoms with E-state index in [-0.39, 0.29) is 22.9 Å². The molecule has 1 aliphatic heterocycles. The standard InChI is InChI=1S/C15H19N3O4/c1-14(2)5-7-15(8-6-14)11-9(16-13(20)17-15)3-4-10(12(11)19)18(21)22/h3-4,19H,5-8H2,1-2H3,(H2,16,17,20). The maximum atomic E-state index is 12.0. The van der Waals surface area contributed by atoms with Gasteiger partial charge >= 0.3 is 11.7 Å². The minimum Gasteiger partial charge on any atom is -0.502 e. The summed E-state index contributed by atoms with van der Waals surface area (Å²) in [5, 5.41) is 27.0. The highest BCUT2D eigenvalue weighted by Gasteiger charge is 2.47. The molecule has 1 fully saturated rings. The number of amides is 2. The number of rotatable bonds is 1. The van der Waals surface area contributed by atoms with Crippen LogP contribution in [0.1, 0.15) is 45.1 Å². The highest BCUT2D eigenvalue weighted by Crippen LogP contribution is 2.52. The first-order valence-corrected chi connectivity index (χ1v) is 7.34. The smallest absolute Gasteiger partial charge is 0.319 e. The van der Waals surface area contributed by atoms with Crippen molar-refractivity contribution in [3.05, 3.63) is 27.8 Å². The van der Waals surface area contributed by atoms with E-state index in [1.54, 1.807) is 0 Å². The van der Waals surface area contributed by atoms with Crippen molar-refractivity contribution in [3.63, 3.8) is 0 Å². The van der Waals surface area contributed by atoms with Gasteiger partial charge in [0.1, 0.15) is 0 Å². The Labute approximate surface area is 127 Å². The van der Waals surface area contributed by atoms with Gasteiger partial charge in [-0.15, -0.1) is 0 Å². The van der Waals surface area contributed by atoms with Gasteiger partial charge in [-0.2, -0.15) is 0 Å². The van der Waals surface area contributed by atoms with Crippen LogP contribution >= 0.6 is 0 Å². The van der Waals surface area contributed by atoms with Gasteiger partial charge in [-0.05, 0) is 37.2 Å². The van der Waals surface area contributed by atoms with Crippen LogP contribution in [0, 0.1) is 15.5 Å². The molecule has 2 aliphatic rings. The fourth-order valence-electron chi connectivity index (χ4n) is 3.48. The Morgan fingerprint density at radius 3 is 2.45 bits per heavy atom. The maximum absolute atomic E-state index is 12.0. The number of benzene rings is 1. The molecule has 3 N–H and O–H groups in total. The summed E-state index contributed by atoms with van der Waals surface area (Å²) in [4.78, 5) is 22.4. The van der Waals surface area contributed by atoms with Crippen LogP contribution in [0.2, 0.25) is 0 Å². The molecule has 7 nitrogen and oxygen atoms in total. The van der Waals surface area contributed by atoms with Crippen molar-refractivity contribution in [2.45, 2.75) is 45.1 Å². The molecule has 1 heterocycles. The lowest BCUT2D eigenvalue weighted by Gasteiger charge is -2.46. The second-order valence-corrected chi connectivity index (χ2v) is 6.94. The number of nitrogens with zero attached hydrogens (tertiary/aromatic N) is 1. The third kappa shape index (κ3) is 2.17. The number of carbonyl (C=O) groups excluding carboxylic acids is 1. The topological polar surface area (TPSA) is 104 Å². The number of aromatic hydroxyl groups is 1. The summed E-state index contributed by atoms with van der Waals surface area (Å²) >= 11 is 0. The lowest BCUT2D eigenvalue weighted by atomic mass is 9.66. The average Bonchev–Trinajstić information content (AvgIpc) is 2.42. The monoisotopic (exact) mass is 305 g/mol. The molecule has 7 heteroatoms. The summed E-state index contributed by atoms with van der Waals surface area (Å²) < 4.78 is 0. The lowest BCUT2D eigenvalue weighted by molar-refractivity contribution is -0.386. The number of nitro groups is 1. The predicted octanol–water partition coefficient (Wildman–Crippen LogP) is 3.23. The van der Waals surface area contributed by atoms with E-state index >= 15 is 0 Å². The number of phenolic OH excluding ortho intramolecular Hbond substituents is 1. The molecule has 3 rings (SSSR count). The number of hydrogen-bond acceptors (Lipinski definition) is 4. The number of hydrogen-bond donors (Lipinski definition) is 3. The first-order chi connectivity index (χ1) is 10.2. The van der Waals surface area contributed by atoms with Crippen molar-refractivity contribution >= 4 is 17.4 Å². The van der Waals surface area contributed by atoms with Gasteiger partial charge in [-0.1, -0.05) is 13.8 Å². The van der Waals surface area contributed by atoms with Crippen LogP contribution in [0.4, 0.5) is 16.2 Å². The zero-order valence-corrected chi connectivity index (χ0v) is 12.6. The summed E-state index contributed by atoms with van der Waals surface area (Å²) in [6.07, 6.45) is 3.04. The predicted molar refractivity (Wildman–Crippen MR) is 80.8 cm³/mol. The van der Waals surface area contributed by atoms with Crippen molar-refractivity contribution in [1.29, 1.82) is 0 Å². The minimum atomic E-state index is -0.733. The second-order valence-electron chi connectivity index (χ2n) is 6.94. The molecule has 0 atom stereocenters. The quantitative estimate of drug-likeness (QED) is 0.547. The summed E-state index contributed by atoms with van der Waals surface area (Å²) in [6, 6.07) is 2.38. The molecule has 1 aromatic carbocycles. The molecule has 0 radical (unpaired) electrons. The third-order valence-corrected chi connectivity index (χ3v) is 4.89. The first-order valence-electron chi connectivity index (χ1n) is 7.34. The van der Waals surface area contributed by atoms with Crippen molar-refractivity contribution in [2.24, 2.45) is 5.41 Å². The third-order valence-electron chi connectivity index (χ3n) is 4.89. The van der Waals surface area contributed by atoms with Gasteiger partial charge in [0, 0.05) is 6.07 Å². The van der Waals surface area contributed by atoms with Crippen LogP contribution in [0.25, 0.3) is 0 Å². The summed E-state index contributed by atoms with van der Waals surface area (Å²) in [5.41, 5.74) is -0.00931. The highest BCUT2D eigenvalue weighted by atomic mass is 16.6. The van der Waals surface area contributed by atoms with Gasteiger partial charge in [0.25, 0.3) is 0 Å². The number of anilines is 1. The number of nitrogens with one attached hydrogen (secondary N) is 2. The normalized spacial score (nSPS) is 21.6. The summed E-state index contributed by atoms with van der Waals surface area (Å²) in [6.45, 7) is 4.33. The van der Waals surface area contributed by atoms with Gasteiger partial charge in [0.05, 0.1) is 21.7 Å². The van der Waals surface area contributed by atoms with Crippen LogP contribution in [0.5, 0.6) is 5.75 Å². The van der Waals surface area contributed by atoms with E-state index in [1.165, 1.54) is 12.1 Å². The van der Waals surface area contributed by atoms with Gasteiger partial charge in [0.2, 0.25) is 5.75 Å². The average molecular weight is 305 g/mol. The number of fused-ring (bicyclic) bond motifs is 2. The van der Waals surface area contributed by atoms with Gasteiger partial charge in [0.15, 0.2) is 0 Å². The van der Waals surface area contributed by atoms with Crippen molar-refractivity contribution in [1.82, 2.24) is 5.32 Å². The molecular weight excluding hydrogens is 286 g/mol. The van der Waals surface area contributed by atoms with E-state index in [0.717, 1.165) is 12.8 Å². The Morgan fingerprint density at radius 2 is 1.86 bits per heavy atom. The SMILES string of the molecule is CC1(C)CCC2(CC1)NC(=O)Nc1ccc([N+](=O)[O-])c(O)c12. The molecule has 0 unspecified atom stereocenters. The molecule has 22 heavy (non-hydrogen) atoms. The molecule has 0 aromatic heterocycles. The molecule has 0 bridgehead atoms. The number of nitro benzene ring substituents is 1. The van der Waals surface area contributed by atoms with Crippen molar-refractivity contribution in [2.75, 3.05) is 5.32 Å². The first kappa shape index (κ1) is 14.6. The molecule has 1 spiro atoms. The van der Waals surface area contributed by atoms with Crippen LogP contribution in [-0.4, -0.2) is 16.1 Å². The molecule has 1 saturated carbocycles. The largest absolute Gasteiger partial charge is 0.502 e. The molecule has 1 aromatic rings. The number of urea groups is 1. The van der Waals surface area contributed by atoms with Gasteiger partial charge in [-0.3, -0.25) is 10.1 Å². The fraction of sp³-hybridized carbons (Fsp3) is 0.533. The molecule has 118 valence electrons. The van der Waals surface area contributed by atoms with Crippen molar-refractivity contribution < 1.29 is 14.8 Å². The van der Waals surface area contributed by atoms with E-state index in [9.17, 15) is 20.0 Å². The van der Waals surface area contributed by atoms with Gasteiger partial charge in [-0.25, -0.2) is 4.79 Å². The zero-order chi connectivity index (χ0) is 16.1. The van der Waals surface area contributed by atoms with Crippen LogP contribution in [0.15, 0.2) is 12.1 Å².